The van der Waals surface area contributed by atoms with Crippen molar-refractivity contribution in [3.05, 3.63) is 34.9 Å². The third-order valence-electron chi connectivity index (χ3n) is 1.57. The zero-order chi connectivity index (χ0) is 10.0. The van der Waals surface area contributed by atoms with E-state index in [9.17, 15) is 9.59 Å². The number of benzene rings is 1. The second-order valence-corrected chi connectivity index (χ2v) is 2.70. The number of rotatable bonds is 2. The molecule has 1 aromatic carbocycles. The first-order valence-electron chi connectivity index (χ1n) is 3.59. The Hall–Kier alpha value is -0.840. The molecule has 70 valence electrons. The van der Waals surface area contributed by atoms with E-state index in [2.05, 4.69) is 0 Å². The maximum atomic E-state index is 10.5. The van der Waals surface area contributed by atoms with E-state index >= 15 is 0 Å². The molecule has 1 aromatic rings. The molecule has 0 aliphatic rings. The van der Waals surface area contributed by atoms with Crippen molar-refractivity contribution in [1.82, 2.24) is 0 Å². The molecular formula is C9H9NaO4. The second kappa shape index (κ2) is 5.14. The van der Waals surface area contributed by atoms with Crippen LogP contribution in [0.2, 0.25) is 0 Å². The SMILES string of the molecule is Cc1cc(C(=O)O)cc(C(=O)O)c1.[NaH]. The molecule has 0 aliphatic carbocycles. The predicted molar refractivity (Wildman–Crippen MR) is 52.2 cm³/mol. The zero-order valence-electron chi connectivity index (χ0n) is 6.94. The molecule has 0 fully saturated rings. The van der Waals surface area contributed by atoms with E-state index < -0.39 is 11.9 Å². The summed E-state index contributed by atoms with van der Waals surface area (Å²) in [6, 6.07) is 3.99. The molecule has 0 aromatic heterocycles. The van der Waals surface area contributed by atoms with Crippen LogP contribution in [0, 0.1) is 6.92 Å². The van der Waals surface area contributed by atoms with Crippen LogP contribution in [0.25, 0.3) is 0 Å². The van der Waals surface area contributed by atoms with Crippen LogP contribution in [0.4, 0.5) is 0 Å². The fraction of sp³-hybridized carbons (Fsp3) is 0.111. The first-order valence-corrected chi connectivity index (χ1v) is 3.59. The van der Waals surface area contributed by atoms with Gasteiger partial charge in [-0.05, 0) is 30.7 Å². The van der Waals surface area contributed by atoms with Gasteiger partial charge < -0.3 is 10.2 Å². The van der Waals surface area contributed by atoms with Gasteiger partial charge >= 0.3 is 41.5 Å². The topological polar surface area (TPSA) is 74.6 Å². The van der Waals surface area contributed by atoms with E-state index in [1.807, 2.05) is 0 Å². The molecule has 2 N–H and O–H groups in total. The van der Waals surface area contributed by atoms with Crippen LogP contribution in [0.15, 0.2) is 18.2 Å². The van der Waals surface area contributed by atoms with Crippen LogP contribution in [-0.4, -0.2) is 51.7 Å². The van der Waals surface area contributed by atoms with Crippen molar-refractivity contribution in [2.75, 3.05) is 0 Å². The summed E-state index contributed by atoms with van der Waals surface area (Å²) in [5.41, 5.74) is 0.618. The van der Waals surface area contributed by atoms with Gasteiger partial charge in [0.25, 0.3) is 0 Å². The predicted octanol–water partition coefficient (Wildman–Crippen LogP) is 0.743. The van der Waals surface area contributed by atoms with Gasteiger partial charge in [-0.25, -0.2) is 9.59 Å². The van der Waals surface area contributed by atoms with Crippen molar-refractivity contribution in [3.63, 3.8) is 0 Å². The van der Waals surface area contributed by atoms with Gasteiger partial charge in [-0.15, -0.1) is 0 Å². The summed E-state index contributed by atoms with van der Waals surface area (Å²) in [5, 5.41) is 17.2. The number of carboxylic acid groups (broad SMARTS) is 2. The molecule has 14 heavy (non-hydrogen) atoms. The molecule has 0 bridgehead atoms. The maximum absolute atomic E-state index is 10.5. The van der Waals surface area contributed by atoms with Gasteiger partial charge in [0.05, 0.1) is 11.1 Å². The van der Waals surface area contributed by atoms with E-state index in [1.165, 1.54) is 12.1 Å². The Kier molecular flexibility index (Phi) is 4.83. The Labute approximate surface area is 103 Å². The number of aryl methyl sites for hydroxylation is 1. The molecule has 0 atom stereocenters. The minimum absolute atomic E-state index is 0. The average molecular weight is 204 g/mol. The monoisotopic (exact) mass is 204 g/mol. The van der Waals surface area contributed by atoms with Gasteiger partial charge in [0.15, 0.2) is 0 Å². The second-order valence-electron chi connectivity index (χ2n) is 2.70. The molecule has 0 radical (unpaired) electrons. The molecule has 0 heterocycles. The van der Waals surface area contributed by atoms with E-state index in [0.717, 1.165) is 6.07 Å². The van der Waals surface area contributed by atoms with E-state index in [-0.39, 0.29) is 40.7 Å². The van der Waals surface area contributed by atoms with Gasteiger partial charge in [-0.3, -0.25) is 0 Å². The first kappa shape index (κ1) is 13.2. The molecule has 4 nitrogen and oxygen atoms in total. The van der Waals surface area contributed by atoms with Crippen LogP contribution in [0.1, 0.15) is 26.3 Å². The summed E-state index contributed by atoms with van der Waals surface area (Å²) >= 11 is 0. The van der Waals surface area contributed by atoms with Crippen molar-refractivity contribution in [2.45, 2.75) is 6.92 Å². The Morgan fingerprint density at radius 3 is 1.64 bits per heavy atom. The number of carboxylic acids is 2. The molecule has 0 saturated carbocycles. The normalized spacial score (nSPS) is 8.93. The summed E-state index contributed by atoms with van der Waals surface area (Å²) in [4.78, 5) is 21.1. The van der Waals surface area contributed by atoms with Crippen LogP contribution in [-0.2, 0) is 0 Å². The molecule has 0 saturated heterocycles. The summed E-state index contributed by atoms with van der Waals surface area (Å²) in [7, 11) is 0. The van der Waals surface area contributed by atoms with Crippen LogP contribution in [0.3, 0.4) is 0 Å². The number of hydrogen-bond acceptors (Lipinski definition) is 2. The van der Waals surface area contributed by atoms with Gasteiger partial charge in [0, 0.05) is 0 Å². The number of hydrogen-bond donors (Lipinski definition) is 2. The molecule has 5 heteroatoms. The average Bonchev–Trinajstić information content (AvgIpc) is 2.03. The third kappa shape index (κ3) is 3.14. The van der Waals surface area contributed by atoms with E-state index in [4.69, 9.17) is 10.2 Å². The minimum atomic E-state index is -1.12. The fourth-order valence-electron chi connectivity index (χ4n) is 1.03. The van der Waals surface area contributed by atoms with Crippen molar-refractivity contribution in [2.24, 2.45) is 0 Å². The van der Waals surface area contributed by atoms with Gasteiger partial charge in [-0.1, -0.05) is 0 Å². The fourth-order valence-corrected chi connectivity index (χ4v) is 1.03. The van der Waals surface area contributed by atoms with Gasteiger partial charge in [0.1, 0.15) is 0 Å². The van der Waals surface area contributed by atoms with Crippen LogP contribution >= 0.6 is 0 Å². The quantitative estimate of drug-likeness (QED) is 0.697. The molecule has 0 unspecified atom stereocenters. The third-order valence-corrected chi connectivity index (χ3v) is 1.57. The molecule has 0 amide bonds. The van der Waals surface area contributed by atoms with E-state index in [1.54, 1.807) is 6.92 Å². The summed E-state index contributed by atoms with van der Waals surface area (Å²) < 4.78 is 0. The number of aromatic carboxylic acids is 2. The van der Waals surface area contributed by atoms with Gasteiger partial charge in [0.2, 0.25) is 0 Å². The Balaban J connectivity index is 0.00000169. The summed E-state index contributed by atoms with van der Waals surface area (Å²) in [6.45, 7) is 1.65. The Morgan fingerprint density at radius 2 is 1.36 bits per heavy atom. The standard InChI is InChI=1S/C9H8O4.Na.H/c1-5-2-6(8(10)11)4-7(3-5)9(12)13;;/h2-4H,1H3,(H,10,11)(H,12,13);;. The van der Waals surface area contributed by atoms with Crippen molar-refractivity contribution in [1.29, 1.82) is 0 Å². The molecule has 1 rings (SSSR count). The zero-order valence-corrected chi connectivity index (χ0v) is 6.94. The van der Waals surface area contributed by atoms with Crippen LogP contribution in [0.5, 0.6) is 0 Å². The summed E-state index contributed by atoms with van der Waals surface area (Å²) in [5.74, 6) is -2.24. The summed E-state index contributed by atoms with van der Waals surface area (Å²) in [6.07, 6.45) is 0. The van der Waals surface area contributed by atoms with E-state index in [0.29, 0.717) is 5.56 Å². The Morgan fingerprint density at radius 1 is 1.00 bits per heavy atom. The van der Waals surface area contributed by atoms with Crippen LogP contribution < -0.4 is 0 Å². The molecule has 0 aliphatic heterocycles. The van der Waals surface area contributed by atoms with Crippen molar-refractivity contribution in [3.8, 4) is 0 Å². The molecular weight excluding hydrogens is 195 g/mol. The molecule has 0 spiro atoms. The first-order chi connectivity index (χ1) is 6.00. The van der Waals surface area contributed by atoms with Gasteiger partial charge in [-0.2, -0.15) is 0 Å². The van der Waals surface area contributed by atoms with Crippen molar-refractivity contribution >= 4 is 41.5 Å². The van der Waals surface area contributed by atoms with Crippen molar-refractivity contribution < 1.29 is 19.8 Å². The Bertz CT molecular complexity index is 341. The number of carbonyl (C=O) groups is 2.